The Morgan fingerprint density at radius 1 is 1.33 bits per heavy atom. The molecule has 1 saturated heterocycles. The second-order valence-corrected chi connectivity index (χ2v) is 6.49. The molecule has 8 heteroatoms. The number of benzene rings is 1. The fourth-order valence-electron chi connectivity index (χ4n) is 2.92. The first kappa shape index (κ1) is 21.1. The van der Waals surface area contributed by atoms with E-state index >= 15 is 0 Å². The van der Waals surface area contributed by atoms with Crippen LogP contribution < -0.4 is 10.6 Å². The molecule has 0 radical (unpaired) electrons. The SMILES string of the molecule is CSCc1nc2ccccc2n1CC(=O)NC1CCNCC1.Cl.Cl. The van der Waals surface area contributed by atoms with Gasteiger partial charge in [-0.15, -0.1) is 24.8 Å². The fraction of sp³-hybridized carbons (Fsp3) is 0.500. The van der Waals surface area contributed by atoms with Crippen molar-refractivity contribution < 1.29 is 4.79 Å². The highest BCUT2D eigenvalue weighted by Gasteiger charge is 2.17. The zero-order valence-electron chi connectivity index (χ0n) is 13.7. The lowest BCUT2D eigenvalue weighted by Gasteiger charge is -2.24. The van der Waals surface area contributed by atoms with Crippen molar-refractivity contribution in [2.24, 2.45) is 0 Å². The van der Waals surface area contributed by atoms with Crippen LogP contribution in [0.2, 0.25) is 0 Å². The first-order valence-electron chi connectivity index (χ1n) is 7.71. The van der Waals surface area contributed by atoms with E-state index in [9.17, 15) is 4.79 Å². The second-order valence-electron chi connectivity index (χ2n) is 5.63. The van der Waals surface area contributed by atoms with Crippen molar-refractivity contribution in [2.75, 3.05) is 19.3 Å². The highest BCUT2D eigenvalue weighted by molar-refractivity contribution is 7.97. The van der Waals surface area contributed by atoms with Gasteiger partial charge in [-0.25, -0.2) is 4.98 Å². The number of rotatable bonds is 5. The van der Waals surface area contributed by atoms with Gasteiger partial charge >= 0.3 is 0 Å². The zero-order valence-corrected chi connectivity index (χ0v) is 16.1. The molecule has 134 valence electrons. The summed E-state index contributed by atoms with van der Waals surface area (Å²) in [5.74, 6) is 1.86. The van der Waals surface area contributed by atoms with Gasteiger partial charge < -0.3 is 15.2 Å². The molecular formula is C16H24Cl2N4OS. The van der Waals surface area contributed by atoms with Crippen LogP contribution in [0.25, 0.3) is 11.0 Å². The van der Waals surface area contributed by atoms with Gasteiger partial charge in [-0.05, 0) is 44.3 Å². The van der Waals surface area contributed by atoms with Gasteiger partial charge in [-0.3, -0.25) is 4.79 Å². The van der Waals surface area contributed by atoms with Gasteiger partial charge in [-0.2, -0.15) is 11.8 Å². The van der Waals surface area contributed by atoms with Crippen LogP contribution in [0, 0.1) is 0 Å². The van der Waals surface area contributed by atoms with E-state index in [4.69, 9.17) is 0 Å². The summed E-state index contributed by atoms with van der Waals surface area (Å²) in [4.78, 5) is 17.0. The Morgan fingerprint density at radius 2 is 2.04 bits per heavy atom. The summed E-state index contributed by atoms with van der Waals surface area (Å²) in [6.07, 6.45) is 4.07. The van der Waals surface area contributed by atoms with Crippen LogP contribution in [0.1, 0.15) is 18.7 Å². The Kier molecular flexibility index (Phi) is 8.91. The molecule has 2 N–H and O–H groups in total. The predicted molar refractivity (Wildman–Crippen MR) is 105 cm³/mol. The first-order chi connectivity index (χ1) is 10.8. The van der Waals surface area contributed by atoms with Crippen molar-refractivity contribution in [1.29, 1.82) is 0 Å². The molecule has 0 atom stereocenters. The van der Waals surface area contributed by atoms with Crippen molar-refractivity contribution in [3.05, 3.63) is 30.1 Å². The highest BCUT2D eigenvalue weighted by Crippen LogP contribution is 2.19. The van der Waals surface area contributed by atoms with Crippen molar-refractivity contribution in [3.8, 4) is 0 Å². The average molecular weight is 391 g/mol. The molecule has 0 unspecified atom stereocenters. The van der Waals surface area contributed by atoms with Crippen molar-refractivity contribution >= 4 is 53.5 Å². The number of fused-ring (bicyclic) bond motifs is 1. The molecule has 2 aromatic rings. The molecule has 0 aliphatic carbocycles. The number of thioether (sulfide) groups is 1. The van der Waals surface area contributed by atoms with Crippen LogP contribution >= 0.6 is 36.6 Å². The van der Waals surface area contributed by atoms with Gasteiger partial charge in [0.15, 0.2) is 0 Å². The molecule has 1 aliphatic heterocycles. The number of nitrogens with zero attached hydrogens (tertiary/aromatic N) is 2. The molecule has 0 spiro atoms. The minimum Gasteiger partial charge on any atom is -0.352 e. The van der Waals surface area contributed by atoms with Crippen LogP contribution in [0.5, 0.6) is 0 Å². The summed E-state index contributed by atoms with van der Waals surface area (Å²) in [6, 6.07) is 8.31. The van der Waals surface area contributed by atoms with E-state index < -0.39 is 0 Å². The molecule has 5 nitrogen and oxygen atoms in total. The second kappa shape index (κ2) is 10.1. The zero-order chi connectivity index (χ0) is 15.4. The fourth-order valence-corrected chi connectivity index (χ4v) is 3.40. The molecule has 1 amide bonds. The Labute approximate surface area is 159 Å². The first-order valence-corrected chi connectivity index (χ1v) is 9.10. The predicted octanol–water partition coefficient (Wildman–Crippen LogP) is 2.61. The van der Waals surface area contributed by atoms with Gasteiger partial charge in [0.2, 0.25) is 5.91 Å². The molecule has 3 rings (SSSR count). The summed E-state index contributed by atoms with van der Waals surface area (Å²) < 4.78 is 2.04. The maximum Gasteiger partial charge on any atom is 0.240 e. The highest BCUT2D eigenvalue weighted by atomic mass is 35.5. The molecule has 1 aromatic carbocycles. The average Bonchev–Trinajstić information content (AvgIpc) is 2.86. The van der Waals surface area contributed by atoms with E-state index in [-0.39, 0.29) is 30.7 Å². The van der Waals surface area contributed by atoms with E-state index in [1.165, 1.54) is 0 Å². The van der Waals surface area contributed by atoms with Gasteiger partial charge in [0.05, 0.1) is 16.8 Å². The lowest BCUT2D eigenvalue weighted by molar-refractivity contribution is -0.122. The number of hydrogen-bond donors (Lipinski definition) is 2. The van der Waals surface area contributed by atoms with Crippen molar-refractivity contribution in [1.82, 2.24) is 20.2 Å². The molecule has 1 aliphatic rings. The number of hydrogen-bond acceptors (Lipinski definition) is 4. The van der Waals surface area contributed by atoms with Gasteiger partial charge in [0.25, 0.3) is 0 Å². The molecule has 2 heterocycles. The normalized spacial score (nSPS) is 14.7. The summed E-state index contributed by atoms with van der Waals surface area (Å²) in [5, 5.41) is 6.47. The van der Waals surface area contributed by atoms with E-state index in [2.05, 4.69) is 21.9 Å². The maximum absolute atomic E-state index is 12.4. The van der Waals surface area contributed by atoms with Crippen molar-refractivity contribution in [2.45, 2.75) is 31.2 Å². The van der Waals surface area contributed by atoms with Crippen LogP contribution in [-0.4, -0.2) is 40.8 Å². The number of para-hydroxylation sites is 2. The summed E-state index contributed by atoms with van der Waals surface area (Å²) in [7, 11) is 0. The summed E-state index contributed by atoms with van der Waals surface area (Å²) in [6.45, 7) is 2.31. The molecule has 0 saturated carbocycles. The molecule has 24 heavy (non-hydrogen) atoms. The van der Waals surface area contributed by atoms with E-state index in [0.717, 1.165) is 48.5 Å². The third-order valence-electron chi connectivity index (χ3n) is 4.01. The minimum atomic E-state index is 0. The largest absolute Gasteiger partial charge is 0.352 e. The van der Waals surface area contributed by atoms with Crippen molar-refractivity contribution in [3.63, 3.8) is 0 Å². The number of carbonyl (C=O) groups is 1. The third-order valence-corrected chi connectivity index (χ3v) is 4.56. The van der Waals surface area contributed by atoms with Gasteiger partial charge in [0.1, 0.15) is 12.4 Å². The Hall–Kier alpha value is -0.950. The number of nitrogens with one attached hydrogen (secondary N) is 2. The summed E-state index contributed by atoms with van der Waals surface area (Å²) >= 11 is 1.72. The standard InChI is InChI=1S/C16H22N4OS.2ClH/c1-22-11-15-19-13-4-2-3-5-14(13)20(15)10-16(21)18-12-6-8-17-9-7-12;;/h2-5,12,17H,6-11H2,1H3,(H,18,21);2*1H. The number of imidazole rings is 1. The third kappa shape index (κ3) is 5.02. The smallest absolute Gasteiger partial charge is 0.240 e. The monoisotopic (exact) mass is 390 g/mol. The molecule has 0 bridgehead atoms. The molecule has 1 aromatic heterocycles. The van der Waals surface area contributed by atoms with Gasteiger partial charge in [0, 0.05) is 6.04 Å². The lowest BCUT2D eigenvalue weighted by atomic mass is 10.1. The molecular weight excluding hydrogens is 367 g/mol. The van der Waals surface area contributed by atoms with Crippen LogP contribution in [-0.2, 0) is 17.1 Å². The van der Waals surface area contributed by atoms with Gasteiger partial charge in [-0.1, -0.05) is 12.1 Å². The number of aromatic nitrogens is 2. The molecule has 1 fully saturated rings. The number of halogens is 2. The number of piperidine rings is 1. The Balaban J connectivity index is 0.00000144. The van der Waals surface area contributed by atoms with E-state index in [1.807, 2.05) is 28.8 Å². The quantitative estimate of drug-likeness (QED) is 0.823. The topological polar surface area (TPSA) is 59.0 Å². The van der Waals surface area contributed by atoms with Crippen LogP contribution in [0.3, 0.4) is 0 Å². The minimum absolute atomic E-state index is 0. The number of amides is 1. The van der Waals surface area contributed by atoms with E-state index in [0.29, 0.717) is 12.6 Å². The maximum atomic E-state index is 12.4. The summed E-state index contributed by atoms with van der Waals surface area (Å²) in [5.41, 5.74) is 1.99. The van der Waals surface area contributed by atoms with Crippen LogP contribution in [0.15, 0.2) is 24.3 Å². The van der Waals surface area contributed by atoms with Crippen LogP contribution in [0.4, 0.5) is 0 Å². The van der Waals surface area contributed by atoms with E-state index in [1.54, 1.807) is 11.8 Å². The Bertz CT molecular complexity index is 659. The number of carbonyl (C=O) groups excluding carboxylic acids is 1. The lowest BCUT2D eigenvalue weighted by Crippen LogP contribution is -2.43. The Morgan fingerprint density at radius 3 is 2.75 bits per heavy atom.